The summed E-state index contributed by atoms with van der Waals surface area (Å²) in [5.74, 6) is 1.12. The predicted molar refractivity (Wildman–Crippen MR) is 81.9 cm³/mol. The fraction of sp³-hybridized carbons (Fsp3) is 0.500. The summed E-state index contributed by atoms with van der Waals surface area (Å²) in [5.41, 5.74) is 7.28. The third-order valence-electron chi connectivity index (χ3n) is 3.72. The van der Waals surface area contributed by atoms with Gasteiger partial charge >= 0.3 is 0 Å². The Balaban J connectivity index is 1.98. The molecule has 21 heavy (non-hydrogen) atoms. The normalized spacial score (nSPS) is 21.2. The van der Waals surface area contributed by atoms with Crippen LogP contribution in [0.1, 0.15) is 25.8 Å². The Kier molecular flexibility index (Phi) is 3.74. The first-order valence-corrected chi connectivity index (χ1v) is 7.26. The average Bonchev–Trinajstić information content (AvgIpc) is 3.10. The van der Waals surface area contributed by atoms with Gasteiger partial charge in [-0.2, -0.15) is 9.97 Å². The van der Waals surface area contributed by atoms with Gasteiger partial charge in [0.25, 0.3) is 0 Å². The maximum atomic E-state index is 9.25. The van der Waals surface area contributed by atoms with Crippen LogP contribution in [-0.2, 0) is 0 Å². The summed E-state index contributed by atoms with van der Waals surface area (Å²) >= 11 is 0. The highest BCUT2D eigenvalue weighted by Gasteiger charge is 2.22. The van der Waals surface area contributed by atoms with Crippen molar-refractivity contribution >= 4 is 22.9 Å². The summed E-state index contributed by atoms with van der Waals surface area (Å²) in [4.78, 5) is 13.0. The number of nitrogens with one attached hydrogen (secondary N) is 1. The number of allylic oxidation sites excluding steroid dienone is 1. The minimum Gasteiger partial charge on any atom is -0.396 e. The highest BCUT2D eigenvalue weighted by molar-refractivity contribution is 5.84. The Morgan fingerprint density at radius 1 is 1.43 bits per heavy atom. The standard InChI is InChI=1S/C14H20N6O/c1-2-5-16-12-11-13(19-14(15)18-12)20(8-17-11)10-4-3-9(6-10)7-21/h3-4,8-10,21H,2,5-7H2,1H3,(H3,15,16,18,19)/t9-,10+/m0/s1. The number of nitrogens with zero attached hydrogens (tertiary/aromatic N) is 4. The van der Waals surface area contributed by atoms with Crippen molar-refractivity contribution in [2.24, 2.45) is 5.92 Å². The van der Waals surface area contributed by atoms with Gasteiger partial charge in [0.2, 0.25) is 5.95 Å². The first kappa shape index (κ1) is 13.8. The van der Waals surface area contributed by atoms with E-state index >= 15 is 0 Å². The summed E-state index contributed by atoms with van der Waals surface area (Å²) in [6.45, 7) is 3.07. The van der Waals surface area contributed by atoms with Crippen molar-refractivity contribution in [3.05, 3.63) is 18.5 Å². The van der Waals surface area contributed by atoms with Crippen molar-refractivity contribution in [3.8, 4) is 0 Å². The molecule has 2 aromatic heterocycles. The molecule has 0 aliphatic heterocycles. The summed E-state index contributed by atoms with van der Waals surface area (Å²) < 4.78 is 2.00. The van der Waals surface area contributed by atoms with Crippen LogP contribution in [-0.4, -0.2) is 37.8 Å². The molecule has 2 aromatic rings. The lowest BCUT2D eigenvalue weighted by molar-refractivity contribution is 0.244. The second-order valence-corrected chi connectivity index (χ2v) is 5.31. The van der Waals surface area contributed by atoms with Crippen molar-refractivity contribution in [3.63, 3.8) is 0 Å². The van der Waals surface area contributed by atoms with E-state index in [0.29, 0.717) is 5.82 Å². The molecule has 0 unspecified atom stereocenters. The molecule has 0 saturated heterocycles. The van der Waals surface area contributed by atoms with E-state index in [1.165, 1.54) is 0 Å². The Morgan fingerprint density at radius 2 is 2.29 bits per heavy atom. The quantitative estimate of drug-likeness (QED) is 0.718. The Bertz CT molecular complexity index is 665. The van der Waals surface area contributed by atoms with E-state index in [2.05, 4.69) is 33.3 Å². The minimum atomic E-state index is 0.153. The van der Waals surface area contributed by atoms with Crippen molar-refractivity contribution in [1.29, 1.82) is 0 Å². The molecular formula is C14H20N6O. The van der Waals surface area contributed by atoms with Crippen molar-refractivity contribution in [2.75, 3.05) is 24.2 Å². The summed E-state index contributed by atoms with van der Waals surface area (Å²) in [6.07, 6.45) is 7.74. The number of imidazole rings is 1. The van der Waals surface area contributed by atoms with Crippen LogP contribution >= 0.6 is 0 Å². The lowest BCUT2D eigenvalue weighted by atomic mass is 10.1. The zero-order chi connectivity index (χ0) is 14.8. The van der Waals surface area contributed by atoms with Gasteiger partial charge in [0.1, 0.15) is 0 Å². The van der Waals surface area contributed by atoms with Crippen LogP contribution in [0.5, 0.6) is 0 Å². The molecule has 4 N–H and O–H groups in total. The van der Waals surface area contributed by atoms with E-state index in [1.54, 1.807) is 6.33 Å². The topological polar surface area (TPSA) is 102 Å². The van der Waals surface area contributed by atoms with Gasteiger partial charge < -0.3 is 20.7 Å². The summed E-state index contributed by atoms with van der Waals surface area (Å²) in [5, 5.41) is 12.5. The van der Waals surface area contributed by atoms with Crippen LogP contribution in [0.25, 0.3) is 11.2 Å². The highest BCUT2D eigenvalue weighted by atomic mass is 16.3. The minimum absolute atomic E-state index is 0.153. The van der Waals surface area contributed by atoms with Gasteiger partial charge in [-0.3, -0.25) is 0 Å². The number of aromatic nitrogens is 4. The smallest absolute Gasteiger partial charge is 0.224 e. The largest absolute Gasteiger partial charge is 0.396 e. The molecular weight excluding hydrogens is 268 g/mol. The fourth-order valence-corrected chi connectivity index (χ4v) is 2.64. The summed E-state index contributed by atoms with van der Waals surface area (Å²) in [7, 11) is 0. The molecule has 0 fully saturated rings. The van der Waals surface area contributed by atoms with Crippen LogP contribution in [0, 0.1) is 5.92 Å². The van der Waals surface area contributed by atoms with E-state index in [4.69, 9.17) is 5.73 Å². The number of nitrogens with two attached hydrogens (primary N) is 1. The molecule has 3 rings (SSSR count). The number of aliphatic hydroxyl groups is 1. The van der Waals surface area contributed by atoms with Crippen LogP contribution in [0.3, 0.4) is 0 Å². The van der Waals surface area contributed by atoms with Gasteiger partial charge in [0.15, 0.2) is 17.0 Å². The second-order valence-electron chi connectivity index (χ2n) is 5.31. The number of aliphatic hydroxyl groups excluding tert-OH is 1. The molecule has 0 spiro atoms. The van der Waals surface area contributed by atoms with E-state index in [-0.39, 0.29) is 24.5 Å². The van der Waals surface area contributed by atoms with Gasteiger partial charge in [0, 0.05) is 19.1 Å². The van der Waals surface area contributed by atoms with Gasteiger partial charge in [-0.1, -0.05) is 19.1 Å². The van der Waals surface area contributed by atoms with Crippen molar-refractivity contribution in [2.45, 2.75) is 25.8 Å². The SMILES string of the molecule is CCCNc1nc(N)nc2c1ncn2[C@@H]1C=C[C@H](CO)C1. The van der Waals surface area contributed by atoms with Gasteiger partial charge in [-0.15, -0.1) is 0 Å². The number of nitrogen functional groups attached to an aromatic ring is 1. The zero-order valence-corrected chi connectivity index (χ0v) is 12.0. The maximum absolute atomic E-state index is 9.25. The molecule has 0 amide bonds. The number of hydrogen-bond donors (Lipinski definition) is 3. The second kappa shape index (κ2) is 5.69. The van der Waals surface area contributed by atoms with Crippen LogP contribution < -0.4 is 11.1 Å². The lowest BCUT2D eigenvalue weighted by Crippen LogP contribution is -2.10. The monoisotopic (exact) mass is 288 g/mol. The van der Waals surface area contributed by atoms with E-state index in [0.717, 1.165) is 30.6 Å². The average molecular weight is 288 g/mol. The Hall–Kier alpha value is -2.15. The van der Waals surface area contributed by atoms with Crippen LogP contribution in [0.15, 0.2) is 18.5 Å². The van der Waals surface area contributed by atoms with Gasteiger partial charge in [-0.25, -0.2) is 4.98 Å². The fourth-order valence-electron chi connectivity index (χ4n) is 2.64. The van der Waals surface area contributed by atoms with Crippen LogP contribution in [0.4, 0.5) is 11.8 Å². The van der Waals surface area contributed by atoms with E-state index < -0.39 is 0 Å². The van der Waals surface area contributed by atoms with Gasteiger partial charge in [0.05, 0.1) is 12.4 Å². The molecule has 0 radical (unpaired) electrons. The Morgan fingerprint density at radius 3 is 3.00 bits per heavy atom. The molecule has 0 saturated carbocycles. The molecule has 0 bridgehead atoms. The molecule has 1 aliphatic carbocycles. The van der Waals surface area contributed by atoms with E-state index in [1.807, 2.05) is 10.6 Å². The lowest BCUT2D eigenvalue weighted by Gasteiger charge is -2.13. The number of rotatable bonds is 5. The molecule has 7 heteroatoms. The first-order valence-electron chi connectivity index (χ1n) is 7.26. The maximum Gasteiger partial charge on any atom is 0.224 e. The predicted octanol–water partition coefficient (Wildman–Crippen LogP) is 1.34. The third kappa shape index (κ3) is 2.56. The third-order valence-corrected chi connectivity index (χ3v) is 3.72. The van der Waals surface area contributed by atoms with Crippen molar-refractivity contribution < 1.29 is 5.11 Å². The Labute approximate surface area is 122 Å². The highest BCUT2D eigenvalue weighted by Crippen LogP contribution is 2.31. The van der Waals surface area contributed by atoms with Gasteiger partial charge in [-0.05, 0) is 12.8 Å². The number of fused-ring (bicyclic) bond motifs is 1. The van der Waals surface area contributed by atoms with Crippen molar-refractivity contribution in [1.82, 2.24) is 19.5 Å². The molecule has 2 atom stereocenters. The molecule has 1 aliphatic rings. The zero-order valence-electron chi connectivity index (χ0n) is 12.0. The molecule has 2 heterocycles. The number of anilines is 2. The summed E-state index contributed by atoms with van der Waals surface area (Å²) in [6, 6.07) is 0.153. The van der Waals surface area contributed by atoms with E-state index in [9.17, 15) is 5.11 Å². The number of hydrogen-bond acceptors (Lipinski definition) is 6. The first-order chi connectivity index (χ1) is 10.2. The molecule has 0 aromatic carbocycles. The van der Waals surface area contributed by atoms with Crippen LogP contribution in [0.2, 0.25) is 0 Å². The molecule has 7 nitrogen and oxygen atoms in total. The molecule has 112 valence electrons.